The van der Waals surface area contributed by atoms with Crippen LogP contribution in [0.3, 0.4) is 0 Å². The predicted octanol–water partition coefficient (Wildman–Crippen LogP) is 1.18. The van der Waals surface area contributed by atoms with Crippen LogP contribution in [0.15, 0.2) is 12.3 Å². The topological polar surface area (TPSA) is 75.5 Å². The summed E-state index contributed by atoms with van der Waals surface area (Å²) in [7, 11) is 0. The number of carbonyl (C=O) groups is 1. The van der Waals surface area contributed by atoms with E-state index in [1.54, 1.807) is 12.3 Å². The molecule has 6 heteroatoms. The molecule has 0 radical (unpaired) electrons. The number of piperidine rings is 1. The summed E-state index contributed by atoms with van der Waals surface area (Å²) in [6.45, 7) is 3.82. The van der Waals surface area contributed by atoms with E-state index < -0.39 is 5.97 Å². The number of ether oxygens (including phenoxy) is 1. The molecule has 2 rings (SSSR count). The maximum absolute atomic E-state index is 10.9. The van der Waals surface area contributed by atoms with Gasteiger partial charge in [-0.2, -0.15) is 4.98 Å². The van der Waals surface area contributed by atoms with Crippen molar-refractivity contribution in [3.63, 3.8) is 0 Å². The zero-order valence-electron chi connectivity index (χ0n) is 10.4. The fourth-order valence-corrected chi connectivity index (χ4v) is 2.04. The molecule has 1 N–H and O–H groups in total. The number of rotatable bonds is 4. The first-order valence-corrected chi connectivity index (χ1v) is 6.14. The average molecular weight is 251 g/mol. The van der Waals surface area contributed by atoms with Gasteiger partial charge in [-0.05, 0) is 19.8 Å². The lowest BCUT2D eigenvalue weighted by Gasteiger charge is -2.30. The van der Waals surface area contributed by atoms with Crippen LogP contribution < -0.4 is 9.64 Å². The second-order valence-electron chi connectivity index (χ2n) is 4.23. The van der Waals surface area contributed by atoms with Crippen molar-refractivity contribution in [1.82, 2.24) is 9.97 Å². The largest absolute Gasteiger partial charge is 0.481 e. The molecule has 1 aliphatic heterocycles. The highest BCUT2D eigenvalue weighted by Crippen LogP contribution is 2.21. The Labute approximate surface area is 106 Å². The molecule has 0 aromatic carbocycles. The zero-order valence-corrected chi connectivity index (χ0v) is 10.4. The molecule has 1 aromatic rings. The van der Waals surface area contributed by atoms with Gasteiger partial charge in [-0.15, -0.1) is 0 Å². The van der Waals surface area contributed by atoms with E-state index in [4.69, 9.17) is 9.84 Å². The van der Waals surface area contributed by atoms with Crippen molar-refractivity contribution >= 4 is 11.9 Å². The first-order valence-electron chi connectivity index (χ1n) is 6.14. The quantitative estimate of drug-likeness (QED) is 0.866. The monoisotopic (exact) mass is 251 g/mol. The third-order valence-electron chi connectivity index (χ3n) is 3.04. The van der Waals surface area contributed by atoms with Crippen molar-refractivity contribution in [3.8, 4) is 5.88 Å². The number of carboxylic acid groups (broad SMARTS) is 1. The number of anilines is 1. The Morgan fingerprint density at radius 2 is 2.28 bits per heavy atom. The summed E-state index contributed by atoms with van der Waals surface area (Å²) in [4.78, 5) is 21.4. The maximum atomic E-state index is 10.9. The van der Waals surface area contributed by atoms with Crippen molar-refractivity contribution in [2.45, 2.75) is 19.8 Å². The van der Waals surface area contributed by atoms with Crippen LogP contribution in [0.5, 0.6) is 5.88 Å². The molecule has 0 unspecified atom stereocenters. The van der Waals surface area contributed by atoms with Gasteiger partial charge in [-0.3, -0.25) is 4.79 Å². The molecule has 0 saturated carbocycles. The van der Waals surface area contributed by atoms with E-state index in [0.717, 1.165) is 0 Å². The van der Waals surface area contributed by atoms with Crippen LogP contribution in [-0.2, 0) is 4.79 Å². The van der Waals surface area contributed by atoms with Crippen LogP contribution in [0, 0.1) is 5.92 Å². The van der Waals surface area contributed by atoms with Gasteiger partial charge in [0.1, 0.15) is 0 Å². The van der Waals surface area contributed by atoms with Gasteiger partial charge in [0.2, 0.25) is 11.8 Å². The normalized spacial score (nSPS) is 16.6. The Morgan fingerprint density at radius 1 is 1.56 bits per heavy atom. The van der Waals surface area contributed by atoms with Gasteiger partial charge in [0.15, 0.2) is 0 Å². The molecule has 0 atom stereocenters. The van der Waals surface area contributed by atoms with E-state index in [1.165, 1.54) is 0 Å². The van der Waals surface area contributed by atoms with Gasteiger partial charge < -0.3 is 14.7 Å². The lowest BCUT2D eigenvalue weighted by Crippen LogP contribution is -2.37. The van der Waals surface area contributed by atoms with Crippen molar-refractivity contribution in [2.24, 2.45) is 5.92 Å². The molecule has 0 amide bonds. The van der Waals surface area contributed by atoms with Crippen LogP contribution >= 0.6 is 0 Å². The van der Waals surface area contributed by atoms with E-state index in [1.807, 2.05) is 11.8 Å². The minimum Gasteiger partial charge on any atom is -0.481 e. The van der Waals surface area contributed by atoms with Crippen LogP contribution in [0.2, 0.25) is 0 Å². The van der Waals surface area contributed by atoms with E-state index in [-0.39, 0.29) is 5.92 Å². The summed E-state index contributed by atoms with van der Waals surface area (Å²) in [5, 5.41) is 8.94. The fraction of sp³-hybridized carbons (Fsp3) is 0.583. The molecule has 98 valence electrons. The Bertz CT molecular complexity index is 417. The minimum absolute atomic E-state index is 0.240. The second kappa shape index (κ2) is 5.66. The number of hydrogen-bond donors (Lipinski definition) is 1. The molecule has 1 aromatic heterocycles. The van der Waals surface area contributed by atoms with E-state index >= 15 is 0 Å². The number of aliphatic carboxylic acids is 1. The molecule has 18 heavy (non-hydrogen) atoms. The summed E-state index contributed by atoms with van der Waals surface area (Å²) in [6, 6.07) is 1.72. The number of carboxylic acids is 1. The van der Waals surface area contributed by atoms with Crippen molar-refractivity contribution in [3.05, 3.63) is 12.3 Å². The van der Waals surface area contributed by atoms with Gasteiger partial charge in [-0.25, -0.2) is 4.98 Å². The summed E-state index contributed by atoms with van der Waals surface area (Å²) < 4.78 is 5.32. The maximum Gasteiger partial charge on any atom is 0.306 e. The molecular formula is C12H17N3O3. The third-order valence-corrected chi connectivity index (χ3v) is 3.04. The zero-order chi connectivity index (χ0) is 13.0. The smallest absolute Gasteiger partial charge is 0.306 e. The highest BCUT2D eigenvalue weighted by Gasteiger charge is 2.25. The Balaban J connectivity index is 2.00. The van der Waals surface area contributed by atoms with E-state index in [0.29, 0.717) is 44.4 Å². The van der Waals surface area contributed by atoms with Crippen LogP contribution in [0.4, 0.5) is 5.95 Å². The van der Waals surface area contributed by atoms with Gasteiger partial charge in [-0.1, -0.05) is 0 Å². The Hall–Kier alpha value is -1.85. The molecule has 1 aliphatic rings. The average Bonchev–Trinajstić information content (AvgIpc) is 2.39. The fourth-order valence-electron chi connectivity index (χ4n) is 2.04. The molecule has 2 heterocycles. The molecule has 0 spiro atoms. The highest BCUT2D eigenvalue weighted by molar-refractivity contribution is 5.70. The van der Waals surface area contributed by atoms with E-state index in [9.17, 15) is 4.79 Å². The Morgan fingerprint density at radius 3 is 2.89 bits per heavy atom. The summed E-state index contributed by atoms with van der Waals surface area (Å²) in [6.07, 6.45) is 2.94. The third kappa shape index (κ3) is 2.88. The first kappa shape index (κ1) is 12.6. The standard InChI is InChI=1S/C12H17N3O3/c1-2-18-10-3-6-13-12(14-10)15-7-4-9(5-8-15)11(16)17/h3,6,9H,2,4-5,7-8H2,1H3,(H,16,17). The number of hydrogen-bond acceptors (Lipinski definition) is 5. The molecule has 1 fully saturated rings. The molecule has 0 bridgehead atoms. The van der Waals surface area contributed by atoms with Crippen LogP contribution in [0.1, 0.15) is 19.8 Å². The predicted molar refractivity (Wildman–Crippen MR) is 65.8 cm³/mol. The van der Waals surface area contributed by atoms with Gasteiger partial charge in [0.05, 0.1) is 12.5 Å². The van der Waals surface area contributed by atoms with Gasteiger partial charge in [0.25, 0.3) is 0 Å². The van der Waals surface area contributed by atoms with E-state index in [2.05, 4.69) is 9.97 Å². The van der Waals surface area contributed by atoms with Crippen LogP contribution in [-0.4, -0.2) is 40.7 Å². The summed E-state index contributed by atoms with van der Waals surface area (Å²) in [5.41, 5.74) is 0. The molecule has 0 aliphatic carbocycles. The summed E-state index contributed by atoms with van der Waals surface area (Å²) >= 11 is 0. The lowest BCUT2D eigenvalue weighted by atomic mass is 9.97. The summed E-state index contributed by atoms with van der Waals surface area (Å²) in [5.74, 6) is 0.225. The lowest BCUT2D eigenvalue weighted by molar-refractivity contribution is -0.142. The van der Waals surface area contributed by atoms with Crippen molar-refractivity contribution in [2.75, 3.05) is 24.6 Å². The molecule has 1 saturated heterocycles. The SMILES string of the molecule is CCOc1ccnc(N2CCC(C(=O)O)CC2)n1. The molecular weight excluding hydrogens is 234 g/mol. The molecule has 6 nitrogen and oxygen atoms in total. The number of nitrogens with zero attached hydrogens (tertiary/aromatic N) is 3. The van der Waals surface area contributed by atoms with Gasteiger partial charge >= 0.3 is 5.97 Å². The number of aromatic nitrogens is 2. The van der Waals surface area contributed by atoms with Crippen molar-refractivity contribution < 1.29 is 14.6 Å². The van der Waals surface area contributed by atoms with Crippen molar-refractivity contribution in [1.29, 1.82) is 0 Å². The highest BCUT2D eigenvalue weighted by atomic mass is 16.5. The second-order valence-corrected chi connectivity index (χ2v) is 4.23. The minimum atomic E-state index is -0.710. The van der Waals surface area contributed by atoms with Gasteiger partial charge in [0, 0.05) is 25.4 Å². The van der Waals surface area contributed by atoms with Crippen LogP contribution in [0.25, 0.3) is 0 Å². The Kier molecular flexibility index (Phi) is 3.96. The first-order chi connectivity index (χ1) is 8.70.